The minimum Gasteiger partial charge on any atom is -0.507 e. The summed E-state index contributed by atoms with van der Waals surface area (Å²) in [4.78, 5) is 0. The molecule has 5 unspecified atom stereocenters. The fraction of sp³-hybridized carbons (Fsp3) is 0.268. The third kappa shape index (κ3) is 8.89. The average Bonchev–Trinajstić information content (AvgIpc) is 3.14. The summed E-state index contributed by atoms with van der Waals surface area (Å²) in [5.74, 6) is 0.583. The molecule has 1 fully saturated rings. The zero-order valence-electron chi connectivity index (χ0n) is 27.1. The molecule has 0 bridgehead atoms. The Balaban J connectivity index is 1.36. The molecule has 248 valence electrons. The molecule has 0 amide bonds. The van der Waals surface area contributed by atoms with Crippen LogP contribution in [0.3, 0.4) is 0 Å². The molecule has 1 aliphatic rings. The van der Waals surface area contributed by atoms with Crippen LogP contribution in [0.15, 0.2) is 140 Å². The number of phenols is 1. The van der Waals surface area contributed by atoms with E-state index in [0.717, 1.165) is 22.3 Å². The molecule has 7 nitrogen and oxygen atoms in total. The first-order chi connectivity index (χ1) is 23.7. The van der Waals surface area contributed by atoms with Gasteiger partial charge in [-0.1, -0.05) is 121 Å². The Morgan fingerprint density at radius 1 is 0.542 bits per heavy atom. The first kappa shape index (κ1) is 33.4. The zero-order chi connectivity index (χ0) is 33.0. The van der Waals surface area contributed by atoms with Crippen molar-refractivity contribution in [3.63, 3.8) is 0 Å². The third-order valence-corrected chi connectivity index (χ3v) is 8.43. The fourth-order valence-electron chi connectivity index (χ4n) is 5.93. The Labute approximate surface area is 282 Å². The lowest BCUT2D eigenvalue weighted by Crippen LogP contribution is -2.58. The number of phenolic OH excluding ortho intramolecular Hbond substituents is 1. The Morgan fingerprint density at radius 3 is 1.48 bits per heavy atom. The van der Waals surface area contributed by atoms with Crippen molar-refractivity contribution in [3.05, 3.63) is 167 Å². The SMILES string of the molecule is COc1ccc(C2OC(COCc3ccccc3)C(OCc3ccccc3)C(OCc3ccccc3)C2OCc2ccccc2)c(O)c1. The Bertz CT molecular complexity index is 1650. The first-order valence-corrected chi connectivity index (χ1v) is 16.3. The van der Waals surface area contributed by atoms with Gasteiger partial charge in [-0.3, -0.25) is 0 Å². The summed E-state index contributed by atoms with van der Waals surface area (Å²) in [6, 6.07) is 45.3. The molecule has 5 atom stereocenters. The maximum Gasteiger partial charge on any atom is 0.125 e. The van der Waals surface area contributed by atoms with Gasteiger partial charge in [-0.15, -0.1) is 0 Å². The van der Waals surface area contributed by atoms with Crippen LogP contribution in [0.25, 0.3) is 0 Å². The van der Waals surface area contributed by atoms with Gasteiger partial charge in [0.2, 0.25) is 0 Å². The largest absolute Gasteiger partial charge is 0.507 e. The van der Waals surface area contributed by atoms with Gasteiger partial charge in [0.15, 0.2) is 0 Å². The van der Waals surface area contributed by atoms with Crippen molar-refractivity contribution in [2.75, 3.05) is 13.7 Å². The van der Waals surface area contributed by atoms with Crippen molar-refractivity contribution in [2.45, 2.75) is 56.9 Å². The normalized spacial score (nSPS) is 20.7. The lowest BCUT2D eigenvalue weighted by atomic mass is 9.89. The molecule has 1 saturated heterocycles. The lowest BCUT2D eigenvalue weighted by Gasteiger charge is -2.46. The maximum atomic E-state index is 11.3. The number of hydrogen-bond acceptors (Lipinski definition) is 7. The fourth-order valence-corrected chi connectivity index (χ4v) is 5.93. The van der Waals surface area contributed by atoms with Crippen molar-refractivity contribution in [1.82, 2.24) is 0 Å². The van der Waals surface area contributed by atoms with E-state index >= 15 is 0 Å². The molecule has 7 heteroatoms. The quantitative estimate of drug-likeness (QED) is 0.124. The van der Waals surface area contributed by atoms with Gasteiger partial charge in [0.1, 0.15) is 42.0 Å². The van der Waals surface area contributed by atoms with E-state index in [1.807, 2.05) is 133 Å². The van der Waals surface area contributed by atoms with Crippen LogP contribution in [-0.2, 0) is 50.1 Å². The van der Waals surface area contributed by atoms with Crippen LogP contribution in [0.1, 0.15) is 33.9 Å². The van der Waals surface area contributed by atoms with Gasteiger partial charge in [-0.25, -0.2) is 0 Å². The molecular weight excluding hydrogens is 604 g/mol. The highest BCUT2D eigenvalue weighted by molar-refractivity contribution is 5.42. The summed E-state index contributed by atoms with van der Waals surface area (Å²) in [6.07, 6.45) is -3.08. The van der Waals surface area contributed by atoms with Gasteiger partial charge < -0.3 is 33.5 Å². The van der Waals surface area contributed by atoms with E-state index in [0.29, 0.717) is 37.7 Å². The second kappa shape index (κ2) is 17.1. The topological polar surface area (TPSA) is 75.6 Å². The predicted molar refractivity (Wildman–Crippen MR) is 183 cm³/mol. The first-order valence-electron chi connectivity index (χ1n) is 16.3. The zero-order valence-corrected chi connectivity index (χ0v) is 27.1. The molecule has 0 saturated carbocycles. The molecule has 1 heterocycles. The third-order valence-electron chi connectivity index (χ3n) is 8.43. The number of benzene rings is 5. The number of ether oxygens (including phenoxy) is 6. The van der Waals surface area contributed by atoms with E-state index in [2.05, 4.69) is 0 Å². The van der Waals surface area contributed by atoms with Crippen molar-refractivity contribution in [1.29, 1.82) is 0 Å². The Hall–Kier alpha value is -4.50. The molecule has 0 aromatic heterocycles. The molecule has 0 spiro atoms. The number of aromatic hydroxyl groups is 1. The molecular formula is C41H42O7. The van der Waals surface area contributed by atoms with E-state index in [1.54, 1.807) is 13.2 Å². The van der Waals surface area contributed by atoms with E-state index in [1.165, 1.54) is 0 Å². The highest BCUT2D eigenvalue weighted by Gasteiger charge is 2.49. The second-order valence-electron chi connectivity index (χ2n) is 11.8. The molecule has 48 heavy (non-hydrogen) atoms. The highest BCUT2D eigenvalue weighted by atomic mass is 16.6. The summed E-state index contributed by atoms with van der Waals surface area (Å²) in [5, 5.41) is 11.3. The van der Waals surface area contributed by atoms with Crippen LogP contribution in [0, 0.1) is 0 Å². The monoisotopic (exact) mass is 646 g/mol. The van der Waals surface area contributed by atoms with Crippen molar-refractivity contribution < 1.29 is 33.5 Å². The molecule has 5 aromatic rings. The van der Waals surface area contributed by atoms with Crippen LogP contribution in [0.2, 0.25) is 0 Å². The minimum atomic E-state index is -0.706. The molecule has 6 rings (SSSR count). The molecule has 0 radical (unpaired) electrons. The van der Waals surface area contributed by atoms with Crippen LogP contribution in [0.4, 0.5) is 0 Å². The van der Waals surface area contributed by atoms with Crippen molar-refractivity contribution in [3.8, 4) is 11.5 Å². The standard InChI is InChI=1S/C41H42O7/c1-43-34-22-23-35(36(42)24-34)38-40(46-27-32-18-10-4-11-19-32)41(47-28-33-20-12-5-13-21-33)39(45-26-31-16-8-3-9-17-31)37(48-38)29-44-25-30-14-6-2-7-15-30/h2-24,37-42H,25-29H2,1H3. The summed E-state index contributed by atoms with van der Waals surface area (Å²) in [5.41, 5.74) is 4.68. The van der Waals surface area contributed by atoms with Crippen molar-refractivity contribution in [2.24, 2.45) is 0 Å². The summed E-state index contributed by atoms with van der Waals surface area (Å²) in [6.45, 7) is 1.64. The van der Waals surface area contributed by atoms with Gasteiger partial charge in [0, 0.05) is 11.6 Å². The lowest BCUT2D eigenvalue weighted by molar-refractivity contribution is -0.275. The smallest absolute Gasteiger partial charge is 0.125 e. The number of hydrogen-bond donors (Lipinski definition) is 1. The summed E-state index contributed by atoms with van der Waals surface area (Å²) < 4.78 is 38.8. The van der Waals surface area contributed by atoms with Crippen LogP contribution in [-0.4, -0.2) is 43.2 Å². The average molecular weight is 647 g/mol. The molecule has 0 aliphatic carbocycles. The summed E-state index contributed by atoms with van der Waals surface area (Å²) in [7, 11) is 1.57. The van der Waals surface area contributed by atoms with Crippen LogP contribution >= 0.6 is 0 Å². The summed E-state index contributed by atoms with van der Waals surface area (Å²) >= 11 is 0. The van der Waals surface area contributed by atoms with E-state index < -0.39 is 30.5 Å². The number of methoxy groups -OCH3 is 1. The molecule has 5 aromatic carbocycles. The van der Waals surface area contributed by atoms with E-state index in [9.17, 15) is 5.11 Å². The highest BCUT2D eigenvalue weighted by Crippen LogP contribution is 2.42. The van der Waals surface area contributed by atoms with Gasteiger partial charge in [-0.2, -0.15) is 0 Å². The van der Waals surface area contributed by atoms with Crippen molar-refractivity contribution >= 4 is 0 Å². The minimum absolute atomic E-state index is 0.0436. The van der Waals surface area contributed by atoms with E-state index in [-0.39, 0.29) is 12.4 Å². The Kier molecular flexibility index (Phi) is 11.9. The van der Waals surface area contributed by atoms with Crippen LogP contribution in [0.5, 0.6) is 11.5 Å². The van der Waals surface area contributed by atoms with E-state index in [4.69, 9.17) is 28.4 Å². The van der Waals surface area contributed by atoms with Gasteiger partial charge in [0.05, 0.1) is 40.1 Å². The molecule has 1 N–H and O–H groups in total. The molecule has 1 aliphatic heterocycles. The Morgan fingerprint density at radius 2 is 1.00 bits per heavy atom. The van der Waals surface area contributed by atoms with Gasteiger partial charge in [-0.05, 0) is 34.4 Å². The number of rotatable bonds is 15. The van der Waals surface area contributed by atoms with Crippen LogP contribution < -0.4 is 4.74 Å². The second-order valence-corrected chi connectivity index (χ2v) is 11.8. The van der Waals surface area contributed by atoms with Gasteiger partial charge in [0.25, 0.3) is 0 Å². The maximum absolute atomic E-state index is 11.3. The predicted octanol–water partition coefficient (Wildman–Crippen LogP) is 7.81. The van der Waals surface area contributed by atoms with Gasteiger partial charge >= 0.3 is 0 Å².